The lowest BCUT2D eigenvalue weighted by atomic mass is 9.89. The molecule has 0 radical (unpaired) electrons. The lowest BCUT2D eigenvalue weighted by Crippen LogP contribution is -2.08. The summed E-state index contributed by atoms with van der Waals surface area (Å²) in [6.07, 6.45) is 3.55. The molecule has 3 rings (SSSR count). The second-order valence-electron chi connectivity index (χ2n) is 4.59. The highest BCUT2D eigenvalue weighted by atomic mass is 35.5. The van der Waals surface area contributed by atoms with Crippen LogP contribution in [0.4, 0.5) is 0 Å². The van der Waals surface area contributed by atoms with Crippen molar-refractivity contribution in [1.29, 1.82) is 0 Å². The Bertz CT molecular complexity index is 562. The highest BCUT2D eigenvalue weighted by molar-refractivity contribution is 7.19. The van der Waals surface area contributed by atoms with Crippen molar-refractivity contribution in [3.8, 4) is 0 Å². The summed E-state index contributed by atoms with van der Waals surface area (Å²) in [5, 5.41) is 1.74. The van der Waals surface area contributed by atoms with Gasteiger partial charge in [-0.3, -0.25) is 0 Å². The molecule has 0 aromatic carbocycles. The van der Waals surface area contributed by atoms with Crippen LogP contribution in [-0.4, -0.2) is 9.97 Å². The van der Waals surface area contributed by atoms with Gasteiger partial charge in [-0.2, -0.15) is 0 Å². The lowest BCUT2D eigenvalue weighted by Gasteiger charge is -2.17. The highest BCUT2D eigenvalue weighted by Crippen LogP contribution is 2.39. The van der Waals surface area contributed by atoms with Crippen molar-refractivity contribution >= 4 is 33.2 Å². The van der Waals surface area contributed by atoms with E-state index in [1.807, 2.05) is 6.92 Å². The number of nitrogens with zero attached hydrogens (tertiary/aromatic N) is 2. The molecule has 0 saturated carbocycles. The van der Waals surface area contributed by atoms with Crippen LogP contribution in [0, 0.1) is 12.8 Å². The zero-order chi connectivity index (χ0) is 11.3. The van der Waals surface area contributed by atoms with Crippen molar-refractivity contribution in [3.05, 3.63) is 21.4 Å². The van der Waals surface area contributed by atoms with Crippen molar-refractivity contribution in [2.24, 2.45) is 5.92 Å². The predicted molar refractivity (Wildman–Crippen MR) is 68.4 cm³/mol. The maximum atomic E-state index is 6.23. The molecule has 2 aromatic rings. The Kier molecular flexibility index (Phi) is 2.41. The molecule has 2 aromatic heterocycles. The molecule has 1 unspecified atom stereocenters. The molecule has 1 aliphatic carbocycles. The third-order valence-electron chi connectivity index (χ3n) is 3.22. The number of hydrogen-bond acceptors (Lipinski definition) is 3. The van der Waals surface area contributed by atoms with Crippen LogP contribution in [-0.2, 0) is 12.8 Å². The van der Waals surface area contributed by atoms with E-state index in [0.29, 0.717) is 5.15 Å². The maximum Gasteiger partial charge on any atom is 0.141 e. The van der Waals surface area contributed by atoms with Crippen molar-refractivity contribution in [1.82, 2.24) is 9.97 Å². The Labute approximate surface area is 104 Å². The van der Waals surface area contributed by atoms with Crippen LogP contribution < -0.4 is 0 Å². The zero-order valence-corrected chi connectivity index (χ0v) is 11.0. The highest BCUT2D eigenvalue weighted by Gasteiger charge is 2.22. The van der Waals surface area contributed by atoms with E-state index in [1.54, 1.807) is 11.3 Å². The summed E-state index contributed by atoms with van der Waals surface area (Å²) in [4.78, 5) is 11.3. The Hall–Kier alpha value is -0.670. The lowest BCUT2D eigenvalue weighted by molar-refractivity contribution is 0.509. The van der Waals surface area contributed by atoms with Gasteiger partial charge in [0, 0.05) is 4.88 Å². The molecule has 0 aliphatic heterocycles. The van der Waals surface area contributed by atoms with Gasteiger partial charge in [0.2, 0.25) is 0 Å². The zero-order valence-electron chi connectivity index (χ0n) is 9.38. The monoisotopic (exact) mass is 252 g/mol. The smallest absolute Gasteiger partial charge is 0.141 e. The molecule has 2 heterocycles. The summed E-state index contributed by atoms with van der Waals surface area (Å²) >= 11 is 8.03. The fourth-order valence-electron chi connectivity index (χ4n) is 2.40. The molecular formula is C12H13ClN2S. The van der Waals surface area contributed by atoms with Crippen LogP contribution in [0.15, 0.2) is 0 Å². The molecule has 1 aliphatic rings. The minimum absolute atomic E-state index is 0.634. The van der Waals surface area contributed by atoms with Crippen LogP contribution in [0.25, 0.3) is 10.2 Å². The fraction of sp³-hybridized carbons (Fsp3) is 0.500. The average Bonchev–Trinajstić information content (AvgIpc) is 2.54. The number of rotatable bonds is 0. The van der Waals surface area contributed by atoms with Gasteiger partial charge in [0.15, 0.2) is 0 Å². The SMILES string of the molecule is Cc1nc(Cl)c2c3c(sc2n1)CC(C)CC3. The van der Waals surface area contributed by atoms with Gasteiger partial charge < -0.3 is 0 Å². The normalized spacial score (nSPS) is 20.1. The first-order valence-electron chi connectivity index (χ1n) is 5.59. The maximum absolute atomic E-state index is 6.23. The molecule has 16 heavy (non-hydrogen) atoms. The molecule has 2 nitrogen and oxygen atoms in total. The molecule has 0 fully saturated rings. The van der Waals surface area contributed by atoms with E-state index in [0.717, 1.165) is 28.4 Å². The topological polar surface area (TPSA) is 25.8 Å². The Morgan fingerprint density at radius 1 is 1.38 bits per heavy atom. The summed E-state index contributed by atoms with van der Waals surface area (Å²) in [7, 11) is 0. The summed E-state index contributed by atoms with van der Waals surface area (Å²) in [6.45, 7) is 4.21. The standard InChI is InChI=1S/C12H13ClN2S/c1-6-3-4-8-9(5-6)16-12-10(8)11(13)14-7(2)15-12/h6H,3-5H2,1-2H3. The number of hydrogen-bond donors (Lipinski definition) is 0. The molecule has 4 heteroatoms. The van der Waals surface area contributed by atoms with E-state index in [2.05, 4.69) is 16.9 Å². The predicted octanol–water partition coefficient (Wildman–Crippen LogP) is 3.78. The van der Waals surface area contributed by atoms with Crippen molar-refractivity contribution < 1.29 is 0 Å². The van der Waals surface area contributed by atoms with E-state index >= 15 is 0 Å². The molecule has 0 spiro atoms. The second-order valence-corrected chi connectivity index (χ2v) is 6.04. The van der Waals surface area contributed by atoms with Crippen LogP contribution in [0.3, 0.4) is 0 Å². The number of fused-ring (bicyclic) bond motifs is 3. The molecule has 0 N–H and O–H groups in total. The number of halogens is 1. The van der Waals surface area contributed by atoms with Crippen LogP contribution in [0.2, 0.25) is 5.15 Å². The van der Waals surface area contributed by atoms with Crippen molar-refractivity contribution in [2.75, 3.05) is 0 Å². The van der Waals surface area contributed by atoms with Gasteiger partial charge in [-0.15, -0.1) is 11.3 Å². The summed E-state index contributed by atoms with van der Waals surface area (Å²) < 4.78 is 0. The van der Waals surface area contributed by atoms with Gasteiger partial charge in [-0.1, -0.05) is 18.5 Å². The van der Waals surface area contributed by atoms with Gasteiger partial charge in [0.05, 0.1) is 5.39 Å². The first-order chi connectivity index (χ1) is 7.65. The van der Waals surface area contributed by atoms with Gasteiger partial charge in [0.25, 0.3) is 0 Å². The van der Waals surface area contributed by atoms with E-state index in [-0.39, 0.29) is 0 Å². The Morgan fingerprint density at radius 3 is 3.00 bits per heavy atom. The Balaban J connectivity index is 2.29. The quantitative estimate of drug-likeness (QED) is 0.667. The largest absolute Gasteiger partial charge is 0.222 e. The number of aryl methyl sites for hydroxylation is 2. The molecule has 0 bridgehead atoms. The van der Waals surface area contributed by atoms with E-state index < -0.39 is 0 Å². The van der Waals surface area contributed by atoms with E-state index in [9.17, 15) is 0 Å². The van der Waals surface area contributed by atoms with Crippen LogP contribution >= 0.6 is 22.9 Å². The van der Waals surface area contributed by atoms with Crippen LogP contribution in [0.5, 0.6) is 0 Å². The third-order valence-corrected chi connectivity index (χ3v) is 4.64. The van der Waals surface area contributed by atoms with Gasteiger partial charge in [-0.25, -0.2) is 9.97 Å². The summed E-state index contributed by atoms with van der Waals surface area (Å²) in [5.41, 5.74) is 1.41. The fourth-order valence-corrected chi connectivity index (χ4v) is 4.21. The average molecular weight is 253 g/mol. The molecule has 1 atom stereocenters. The molecule has 0 amide bonds. The molecule has 84 valence electrons. The van der Waals surface area contributed by atoms with E-state index in [4.69, 9.17) is 11.6 Å². The van der Waals surface area contributed by atoms with E-state index in [1.165, 1.54) is 23.3 Å². The van der Waals surface area contributed by atoms with Crippen molar-refractivity contribution in [2.45, 2.75) is 33.1 Å². The Morgan fingerprint density at radius 2 is 2.19 bits per heavy atom. The summed E-state index contributed by atoms with van der Waals surface area (Å²) in [6, 6.07) is 0. The van der Waals surface area contributed by atoms with Crippen LogP contribution in [0.1, 0.15) is 29.6 Å². The molecular weight excluding hydrogens is 240 g/mol. The van der Waals surface area contributed by atoms with Crippen molar-refractivity contribution in [3.63, 3.8) is 0 Å². The first-order valence-corrected chi connectivity index (χ1v) is 6.79. The molecule has 0 saturated heterocycles. The minimum Gasteiger partial charge on any atom is -0.222 e. The number of aromatic nitrogens is 2. The van der Waals surface area contributed by atoms with Gasteiger partial charge >= 0.3 is 0 Å². The second kappa shape index (κ2) is 3.67. The third kappa shape index (κ3) is 1.54. The van der Waals surface area contributed by atoms with Gasteiger partial charge in [-0.05, 0) is 37.7 Å². The minimum atomic E-state index is 0.634. The van der Waals surface area contributed by atoms with Gasteiger partial charge in [0.1, 0.15) is 15.8 Å². The first kappa shape index (κ1) is 10.5. The summed E-state index contributed by atoms with van der Waals surface area (Å²) in [5.74, 6) is 1.55. The number of thiophene rings is 1.